The van der Waals surface area contributed by atoms with E-state index in [4.69, 9.17) is 4.74 Å². The van der Waals surface area contributed by atoms with Gasteiger partial charge in [-0.15, -0.1) is 0 Å². The van der Waals surface area contributed by atoms with Crippen molar-refractivity contribution in [3.8, 4) is 11.5 Å². The highest BCUT2D eigenvalue weighted by Crippen LogP contribution is 2.25. The van der Waals surface area contributed by atoms with E-state index in [2.05, 4.69) is 19.9 Å². The number of allylic oxidation sites excluding steroid dienone is 1. The van der Waals surface area contributed by atoms with Crippen LogP contribution in [0.1, 0.15) is 43.4 Å². The summed E-state index contributed by atoms with van der Waals surface area (Å²) < 4.78 is 5.02. The van der Waals surface area contributed by atoms with Crippen molar-refractivity contribution in [3.05, 3.63) is 65.2 Å². The molecule has 118 valence electrons. The Kier molecular flexibility index (Phi) is 7.24. The first kappa shape index (κ1) is 17.8. The lowest BCUT2D eigenvalue weighted by Gasteiger charge is -2.07. The quantitative estimate of drug-likeness (QED) is 0.804. The molecule has 0 saturated carbocycles. The zero-order valence-corrected chi connectivity index (χ0v) is 14.1. The van der Waals surface area contributed by atoms with Gasteiger partial charge in [0.25, 0.3) is 0 Å². The number of phenolic OH excluding ortho intramolecular Hbond substituents is 1. The maximum Gasteiger partial charge on any atom is 0.119 e. The minimum Gasteiger partial charge on any atom is -0.508 e. The van der Waals surface area contributed by atoms with Gasteiger partial charge >= 0.3 is 0 Å². The lowest BCUT2D eigenvalue weighted by molar-refractivity contribution is 0.415. The summed E-state index contributed by atoms with van der Waals surface area (Å²) in [5.74, 6) is 1.72. The molecule has 2 aromatic rings. The molecule has 1 N–H and O–H groups in total. The van der Waals surface area contributed by atoms with Crippen LogP contribution >= 0.6 is 0 Å². The number of hydrogen-bond donors (Lipinski definition) is 1. The third kappa shape index (κ3) is 5.65. The largest absolute Gasteiger partial charge is 0.508 e. The highest BCUT2D eigenvalue weighted by Gasteiger charge is 2.03. The third-order valence-electron chi connectivity index (χ3n) is 3.28. The Bertz CT molecular complexity index is 596. The van der Waals surface area contributed by atoms with Crippen molar-refractivity contribution in [1.29, 1.82) is 0 Å². The highest BCUT2D eigenvalue weighted by atomic mass is 16.5. The van der Waals surface area contributed by atoms with Crippen LogP contribution in [0.4, 0.5) is 0 Å². The molecular formula is C20H26O2. The minimum atomic E-state index is 0.399. The smallest absolute Gasteiger partial charge is 0.119 e. The third-order valence-corrected chi connectivity index (χ3v) is 3.28. The van der Waals surface area contributed by atoms with Crippen molar-refractivity contribution >= 4 is 6.08 Å². The lowest BCUT2D eigenvalue weighted by Crippen LogP contribution is -1.87. The molecular weight excluding hydrogens is 272 g/mol. The monoisotopic (exact) mass is 298 g/mol. The van der Waals surface area contributed by atoms with Crippen LogP contribution in [0.5, 0.6) is 11.5 Å². The fraction of sp³-hybridized carbons (Fsp3) is 0.300. The Hall–Kier alpha value is -2.22. The predicted octanol–water partition coefficient (Wildman–Crippen LogP) is 5.55. The molecule has 0 aliphatic carbocycles. The Labute approximate surface area is 134 Å². The van der Waals surface area contributed by atoms with Crippen LogP contribution in [-0.2, 0) is 0 Å². The normalized spacial score (nSPS) is 10.5. The predicted molar refractivity (Wildman–Crippen MR) is 94.6 cm³/mol. The van der Waals surface area contributed by atoms with E-state index >= 15 is 0 Å². The number of aromatic hydroxyl groups is 1. The first-order chi connectivity index (χ1) is 10.5. The summed E-state index contributed by atoms with van der Waals surface area (Å²) in [4.78, 5) is 0. The molecule has 0 aliphatic heterocycles. The average Bonchev–Trinajstić information content (AvgIpc) is 2.48. The molecule has 0 aromatic heterocycles. The van der Waals surface area contributed by atoms with E-state index in [1.807, 2.05) is 56.3 Å². The Morgan fingerprint density at radius 3 is 2.14 bits per heavy atom. The van der Waals surface area contributed by atoms with Crippen molar-refractivity contribution in [1.82, 2.24) is 0 Å². The average molecular weight is 298 g/mol. The molecule has 2 nitrogen and oxygen atoms in total. The fourth-order valence-corrected chi connectivity index (χ4v) is 2.05. The first-order valence-electron chi connectivity index (χ1n) is 7.54. The van der Waals surface area contributed by atoms with Crippen molar-refractivity contribution in [2.75, 3.05) is 7.11 Å². The SMILES string of the molecule is CC=Cc1ccc(OC)cc1.Cc1ccc(C(C)C)c(O)c1. The second-order valence-electron chi connectivity index (χ2n) is 5.49. The van der Waals surface area contributed by atoms with E-state index in [0.717, 1.165) is 16.9 Å². The Morgan fingerprint density at radius 2 is 1.68 bits per heavy atom. The fourth-order valence-electron chi connectivity index (χ4n) is 2.05. The molecule has 0 bridgehead atoms. The van der Waals surface area contributed by atoms with Gasteiger partial charge in [0.2, 0.25) is 0 Å². The molecule has 22 heavy (non-hydrogen) atoms. The molecule has 0 fully saturated rings. The van der Waals surface area contributed by atoms with Crippen LogP contribution in [0.3, 0.4) is 0 Å². The summed E-state index contributed by atoms with van der Waals surface area (Å²) in [6.07, 6.45) is 4.07. The van der Waals surface area contributed by atoms with Gasteiger partial charge in [0.15, 0.2) is 0 Å². The number of rotatable bonds is 3. The number of hydrogen-bond acceptors (Lipinski definition) is 2. The van der Waals surface area contributed by atoms with Crippen LogP contribution < -0.4 is 4.74 Å². The summed E-state index contributed by atoms with van der Waals surface area (Å²) in [5, 5.41) is 9.46. The second kappa shape index (κ2) is 8.93. The van der Waals surface area contributed by atoms with E-state index in [1.165, 1.54) is 5.56 Å². The van der Waals surface area contributed by atoms with Gasteiger partial charge in [0.1, 0.15) is 11.5 Å². The maximum absolute atomic E-state index is 9.46. The summed E-state index contributed by atoms with van der Waals surface area (Å²) in [6.45, 7) is 8.13. The zero-order chi connectivity index (χ0) is 16.5. The van der Waals surface area contributed by atoms with Crippen molar-refractivity contribution in [3.63, 3.8) is 0 Å². The van der Waals surface area contributed by atoms with E-state index < -0.39 is 0 Å². The summed E-state index contributed by atoms with van der Waals surface area (Å²) in [6, 6.07) is 13.8. The summed E-state index contributed by atoms with van der Waals surface area (Å²) in [5.41, 5.74) is 3.33. The molecule has 0 amide bonds. The first-order valence-corrected chi connectivity index (χ1v) is 7.54. The van der Waals surface area contributed by atoms with Gasteiger partial charge in [-0.2, -0.15) is 0 Å². The number of aryl methyl sites for hydroxylation is 1. The van der Waals surface area contributed by atoms with Crippen molar-refractivity contribution in [2.24, 2.45) is 0 Å². The van der Waals surface area contributed by atoms with Gasteiger partial charge in [-0.05, 0) is 54.7 Å². The van der Waals surface area contributed by atoms with Gasteiger partial charge in [-0.25, -0.2) is 0 Å². The van der Waals surface area contributed by atoms with E-state index in [-0.39, 0.29) is 0 Å². The number of phenols is 1. The Morgan fingerprint density at radius 1 is 1.05 bits per heavy atom. The van der Waals surface area contributed by atoms with Gasteiger partial charge in [-0.1, -0.05) is 50.3 Å². The second-order valence-corrected chi connectivity index (χ2v) is 5.49. The molecule has 0 unspecified atom stereocenters. The molecule has 2 aromatic carbocycles. The standard InChI is InChI=1S/C10H14O.C10H12O/c1-7(2)9-5-4-8(3)6-10(9)11;1-3-4-9-5-7-10(11-2)8-6-9/h4-7,11H,1-3H3;3-8H,1-2H3. The van der Waals surface area contributed by atoms with Crippen LogP contribution in [0, 0.1) is 6.92 Å². The van der Waals surface area contributed by atoms with Gasteiger partial charge < -0.3 is 9.84 Å². The van der Waals surface area contributed by atoms with Crippen LogP contribution in [0.15, 0.2) is 48.5 Å². The van der Waals surface area contributed by atoms with Crippen molar-refractivity contribution < 1.29 is 9.84 Å². The van der Waals surface area contributed by atoms with E-state index in [9.17, 15) is 5.11 Å². The molecule has 0 spiro atoms. The topological polar surface area (TPSA) is 29.5 Å². The zero-order valence-electron chi connectivity index (χ0n) is 14.1. The van der Waals surface area contributed by atoms with E-state index in [0.29, 0.717) is 11.7 Å². The van der Waals surface area contributed by atoms with Crippen LogP contribution in [0.25, 0.3) is 6.08 Å². The lowest BCUT2D eigenvalue weighted by atomic mass is 10.0. The van der Waals surface area contributed by atoms with Gasteiger partial charge in [0, 0.05) is 0 Å². The Balaban J connectivity index is 0.000000220. The van der Waals surface area contributed by atoms with Crippen LogP contribution in [0.2, 0.25) is 0 Å². The molecule has 0 atom stereocenters. The maximum atomic E-state index is 9.46. The van der Waals surface area contributed by atoms with Crippen molar-refractivity contribution in [2.45, 2.75) is 33.6 Å². The van der Waals surface area contributed by atoms with Gasteiger partial charge in [-0.3, -0.25) is 0 Å². The van der Waals surface area contributed by atoms with E-state index in [1.54, 1.807) is 13.2 Å². The molecule has 2 heteroatoms. The summed E-state index contributed by atoms with van der Waals surface area (Å²) in [7, 11) is 1.67. The number of benzene rings is 2. The molecule has 0 aliphatic rings. The highest BCUT2D eigenvalue weighted by molar-refractivity contribution is 5.50. The number of ether oxygens (including phenoxy) is 1. The molecule has 0 radical (unpaired) electrons. The number of methoxy groups -OCH3 is 1. The summed E-state index contributed by atoms with van der Waals surface area (Å²) >= 11 is 0. The molecule has 0 heterocycles. The molecule has 0 saturated heterocycles. The minimum absolute atomic E-state index is 0.399. The van der Waals surface area contributed by atoms with Crippen LogP contribution in [-0.4, -0.2) is 12.2 Å². The molecule has 2 rings (SSSR count). The van der Waals surface area contributed by atoms with Gasteiger partial charge in [0.05, 0.1) is 7.11 Å².